The van der Waals surface area contributed by atoms with Crippen LogP contribution in [-0.4, -0.2) is 19.0 Å². The molecule has 0 atom stereocenters. The first-order chi connectivity index (χ1) is 8.12. The molecule has 1 fully saturated rings. The molecule has 4 heteroatoms. The van der Waals surface area contributed by atoms with Crippen molar-refractivity contribution >= 4 is 5.91 Å². The van der Waals surface area contributed by atoms with E-state index in [0.717, 1.165) is 31.5 Å². The second-order valence-corrected chi connectivity index (χ2v) is 4.52. The Labute approximate surface area is 100 Å². The largest absolute Gasteiger partial charge is 0.347 e. The molecular weight excluding hydrogens is 219 g/mol. The molecular formula is C13H17FN2O. The van der Waals surface area contributed by atoms with Gasteiger partial charge in [0.2, 0.25) is 5.91 Å². The van der Waals surface area contributed by atoms with Crippen LogP contribution in [-0.2, 0) is 10.3 Å². The molecule has 0 unspecified atom stereocenters. The highest BCUT2D eigenvalue weighted by Crippen LogP contribution is 2.30. The van der Waals surface area contributed by atoms with E-state index in [9.17, 15) is 9.18 Å². The van der Waals surface area contributed by atoms with Crippen LogP contribution in [0.15, 0.2) is 24.3 Å². The van der Waals surface area contributed by atoms with Crippen LogP contribution in [0.4, 0.5) is 4.39 Å². The monoisotopic (exact) mass is 236 g/mol. The number of carbonyl (C=O) groups excluding carboxylic acids is 1. The summed E-state index contributed by atoms with van der Waals surface area (Å²) in [6.45, 7) is 3.24. The summed E-state index contributed by atoms with van der Waals surface area (Å²) in [4.78, 5) is 11.4. The van der Waals surface area contributed by atoms with Gasteiger partial charge in [-0.15, -0.1) is 0 Å². The van der Waals surface area contributed by atoms with Crippen molar-refractivity contribution < 1.29 is 9.18 Å². The second kappa shape index (κ2) is 4.84. The second-order valence-electron chi connectivity index (χ2n) is 4.52. The van der Waals surface area contributed by atoms with E-state index in [2.05, 4.69) is 10.6 Å². The van der Waals surface area contributed by atoms with E-state index in [1.165, 1.54) is 19.1 Å². The number of carbonyl (C=O) groups is 1. The summed E-state index contributed by atoms with van der Waals surface area (Å²) in [7, 11) is 0. The first-order valence-electron chi connectivity index (χ1n) is 5.88. The van der Waals surface area contributed by atoms with Gasteiger partial charge in [0.1, 0.15) is 5.82 Å². The van der Waals surface area contributed by atoms with E-state index in [4.69, 9.17) is 0 Å². The van der Waals surface area contributed by atoms with Crippen molar-refractivity contribution in [3.8, 4) is 0 Å². The summed E-state index contributed by atoms with van der Waals surface area (Å²) in [6, 6.07) is 6.41. The fourth-order valence-electron chi connectivity index (χ4n) is 2.45. The maximum atomic E-state index is 12.9. The number of piperidine rings is 1. The molecule has 1 heterocycles. The molecule has 2 rings (SSSR count). The average Bonchev–Trinajstić information content (AvgIpc) is 2.30. The van der Waals surface area contributed by atoms with Crippen molar-refractivity contribution in [1.29, 1.82) is 0 Å². The van der Waals surface area contributed by atoms with Gasteiger partial charge in [0, 0.05) is 6.92 Å². The number of rotatable bonds is 2. The van der Waals surface area contributed by atoms with Gasteiger partial charge < -0.3 is 10.6 Å². The third-order valence-electron chi connectivity index (χ3n) is 3.27. The predicted molar refractivity (Wildman–Crippen MR) is 64.0 cm³/mol. The Hall–Kier alpha value is -1.42. The SMILES string of the molecule is CC(=O)NC1(c2ccc(F)cc2)CCNCC1. The Morgan fingerprint density at radius 3 is 2.41 bits per heavy atom. The van der Waals surface area contributed by atoms with Crippen LogP contribution in [0.3, 0.4) is 0 Å². The van der Waals surface area contributed by atoms with Crippen LogP contribution in [0, 0.1) is 5.82 Å². The lowest BCUT2D eigenvalue weighted by Crippen LogP contribution is -2.51. The van der Waals surface area contributed by atoms with Gasteiger partial charge in [0.05, 0.1) is 5.54 Å². The van der Waals surface area contributed by atoms with Gasteiger partial charge >= 0.3 is 0 Å². The molecule has 1 aliphatic rings. The van der Waals surface area contributed by atoms with Crippen LogP contribution in [0.25, 0.3) is 0 Å². The Balaban J connectivity index is 2.31. The molecule has 0 spiro atoms. The van der Waals surface area contributed by atoms with Gasteiger partial charge in [-0.25, -0.2) is 4.39 Å². The fraction of sp³-hybridized carbons (Fsp3) is 0.462. The first-order valence-corrected chi connectivity index (χ1v) is 5.88. The average molecular weight is 236 g/mol. The number of nitrogens with one attached hydrogen (secondary N) is 2. The van der Waals surface area contributed by atoms with E-state index < -0.39 is 0 Å². The highest BCUT2D eigenvalue weighted by Gasteiger charge is 2.34. The summed E-state index contributed by atoms with van der Waals surface area (Å²) in [5.74, 6) is -0.295. The zero-order chi connectivity index (χ0) is 12.3. The summed E-state index contributed by atoms with van der Waals surface area (Å²) < 4.78 is 12.9. The smallest absolute Gasteiger partial charge is 0.217 e. The first kappa shape index (κ1) is 12.0. The lowest BCUT2D eigenvalue weighted by Gasteiger charge is -2.38. The highest BCUT2D eigenvalue weighted by molar-refractivity contribution is 5.74. The van der Waals surface area contributed by atoms with Gasteiger partial charge in [-0.05, 0) is 43.6 Å². The van der Waals surface area contributed by atoms with Crippen LogP contribution < -0.4 is 10.6 Å². The van der Waals surface area contributed by atoms with Crippen molar-refractivity contribution in [3.05, 3.63) is 35.6 Å². The summed E-state index contributed by atoms with van der Waals surface area (Å²) in [6.07, 6.45) is 1.66. The third-order valence-corrected chi connectivity index (χ3v) is 3.27. The number of amides is 1. The molecule has 17 heavy (non-hydrogen) atoms. The Morgan fingerprint density at radius 2 is 1.88 bits per heavy atom. The Bertz CT molecular complexity index is 396. The van der Waals surface area contributed by atoms with Crippen molar-refractivity contribution in [2.24, 2.45) is 0 Å². The molecule has 92 valence electrons. The molecule has 0 aliphatic carbocycles. The molecule has 1 aromatic carbocycles. The van der Waals surface area contributed by atoms with Crippen LogP contribution >= 0.6 is 0 Å². The standard InChI is InChI=1S/C13H17FN2O/c1-10(17)16-13(6-8-15-9-7-13)11-2-4-12(14)5-3-11/h2-5,15H,6-9H2,1H3,(H,16,17). The molecule has 0 aromatic heterocycles. The third kappa shape index (κ3) is 2.64. The summed E-state index contributed by atoms with van der Waals surface area (Å²) in [5, 5.41) is 6.30. The van der Waals surface area contributed by atoms with E-state index in [-0.39, 0.29) is 17.3 Å². The zero-order valence-electron chi connectivity index (χ0n) is 9.92. The van der Waals surface area contributed by atoms with Crippen molar-refractivity contribution in [1.82, 2.24) is 10.6 Å². The lowest BCUT2D eigenvalue weighted by atomic mass is 9.81. The summed E-state index contributed by atoms with van der Waals surface area (Å²) >= 11 is 0. The number of benzene rings is 1. The maximum Gasteiger partial charge on any atom is 0.217 e. The molecule has 3 nitrogen and oxygen atoms in total. The lowest BCUT2D eigenvalue weighted by molar-refractivity contribution is -0.121. The van der Waals surface area contributed by atoms with Crippen molar-refractivity contribution in [2.45, 2.75) is 25.3 Å². The van der Waals surface area contributed by atoms with Crippen LogP contribution in [0.1, 0.15) is 25.3 Å². The van der Waals surface area contributed by atoms with Gasteiger partial charge in [-0.2, -0.15) is 0 Å². The fourth-order valence-corrected chi connectivity index (χ4v) is 2.45. The molecule has 2 N–H and O–H groups in total. The van der Waals surface area contributed by atoms with E-state index in [1.54, 1.807) is 12.1 Å². The maximum absolute atomic E-state index is 12.9. The topological polar surface area (TPSA) is 41.1 Å². The Kier molecular flexibility index (Phi) is 3.43. The van der Waals surface area contributed by atoms with Crippen molar-refractivity contribution in [2.75, 3.05) is 13.1 Å². The van der Waals surface area contributed by atoms with Crippen LogP contribution in [0.5, 0.6) is 0 Å². The van der Waals surface area contributed by atoms with Crippen molar-refractivity contribution in [3.63, 3.8) is 0 Å². The number of halogens is 1. The molecule has 0 saturated carbocycles. The van der Waals surface area contributed by atoms with Gasteiger partial charge in [-0.1, -0.05) is 12.1 Å². The number of hydrogen-bond acceptors (Lipinski definition) is 2. The predicted octanol–water partition coefficient (Wildman–Crippen LogP) is 1.54. The minimum atomic E-state index is -0.342. The van der Waals surface area contributed by atoms with Gasteiger partial charge in [0.25, 0.3) is 0 Å². The minimum absolute atomic E-state index is 0.0452. The van der Waals surface area contributed by atoms with Crippen LogP contribution in [0.2, 0.25) is 0 Å². The normalized spacial score (nSPS) is 18.7. The molecule has 1 saturated heterocycles. The number of hydrogen-bond donors (Lipinski definition) is 2. The molecule has 0 radical (unpaired) electrons. The highest BCUT2D eigenvalue weighted by atomic mass is 19.1. The van der Waals surface area contributed by atoms with E-state index in [1.807, 2.05) is 0 Å². The minimum Gasteiger partial charge on any atom is -0.347 e. The van der Waals surface area contributed by atoms with E-state index in [0.29, 0.717) is 0 Å². The zero-order valence-corrected chi connectivity index (χ0v) is 9.92. The molecule has 0 bridgehead atoms. The molecule has 1 amide bonds. The Morgan fingerprint density at radius 1 is 1.29 bits per heavy atom. The van der Waals surface area contributed by atoms with E-state index >= 15 is 0 Å². The van der Waals surface area contributed by atoms with Gasteiger partial charge in [-0.3, -0.25) is 4.79 Å². The summed E-state index contributed by atoms with van der Waals surface area (Å²) in [5.41, 5.74) is 0.640. The molecule has 1 aliphatic heterocycles. The quantitative estimate of drug-likeness (QED) is 0.818. The van der Waals surface area contributed by atoms with Gasteiger partial charge in [0.15, 0.2) is 0 Å². The molecule has 1 aromatic rings.